The molecule has 0 unspecified atom stereocenters. The van der Waals surface area contributed by atoms with Crippen molar-refractivity contribution < 1.29 is 26.3 Å². The van der Waals surface area contributed by atoms with Crippen LogP contribution in [0.5, 0.6) is 11.8 Å². The monoisotopic (exact) mass is 774 g/mol. The van der Waals surface area contributed by atoms with Crippen molar-refractivity contribution in [3.63, 3.8) is 0 Å². The minimum Gasteiger partial charge on any atom is -0.481 e. The number of nitrogens with one attached hydrogen (secondary N) is 1. The number of fused-ring (bicyclic) bond motifs is 4. The molecular weight excluding hydrogens is 733 g/mol. The molecule has 0 saturated carbocycles. The lowest BCUT2D eigenvalue weighted by Crippen LogP contribution is -2.12. The van der Waals surface area contributed by atoms with Crippen molar-refractivity contribution in [1.29, 1.82) is 0 Å². The number of sulfonamides is 2. The largest absolute Gasteiger partial charge is 0.481 e. The van der Waals surface area contributed by atoms with Gasteiger partial charge in [-0.15, -0.1) is 0 Å². The summed E-state index contributed by atoms with van der Waals surface area (Å²) in [7, 11) is -4.31. The molecule has 0 saturated heterocycles. The van der Waals surface area contributed by atoms with Crippen LogP contribution in [0, 0.1) is 6.92 Å². The summed E-state index contributed by atoms with van der Waals surface area (Å²) >= 11 is 0. The van der Waals surface area contributed by atoms with Gasteiger partial charge in [0.1, 0.15) is 11.3 Å². The lowest BCUT2D eigenvalue weighted by Gasteiger charge is -2.12. The number of hydrogen-bond acceptors (Lipinski definition) is 13. The Bertz CT molecular complexity index is 2650. The van der Waals surface area contributed by atoms with Gasteiger partial charge in [-0.25, -0.2) is 42.1 Å². The average molecular weight is 775 g/mol. The number of nitrogen functional groups attached to an aromatic ring is 1. The number of aryl methyl sites for hydroxylation is 1. The number of pyridine rings is 4. The summed E-state index contributed by atoms with van der Waals surface area (Å²) in [5, 5.41) is 15.1. The summed E-state index contributed by atoms with van der Waals surface area (Å²) in [6.07, 6.45) is 3.22. The van der Waals surface area contributed by atoms with Gasteiger partial charge in [-0.2, -0.15) is 9.97 Å². The number of methoxy groups -OCH3 is 2. The van der Waals surface area contributed by atoms with Crippen LogP contribution in [0.15, 0.2) is 95.0 Å². The van der Waals surface area contributed by atoms with Gasteiger partial charge in [-0.3, -0.25) is 0 Å². The second-order valence-electron chi connectivity index (χ2n) is 11.5. The molecule has 0 spiro atoms. The Morgan fingerprint density at radius 1 is 0.685 bits per heavy atom. The number of benzene rings is 2. The van der Waals surface area contributed by atoms with Gasteiger partial charge in [0.05, 0.1) is 53.3 Å². The Labute approximate surface area is 313 Å². The van der Waals surface area contributed by atoms with Crippen LogP contribution in [0.4, 0.5) is 11.4 Å². The second-order valence-corrected chi connectivity index (χ2v) is 14.6. The predicted molar refractivity (Wildman–Crippen MR) is 210 cm³/mol. The van der Waals surface area contributed by atoms with E-state index in [0.29, 0.717) is 47.5 Å². The lowest BCUT2D eigenvalue weighted by atomic mass is 10.2. The molecule has 0 atom stereocenters. The zero-order valence-electron chi connectivity index (χ0n) is 28.2. The summed E-state index contributed by atoms with van der Waals surface area (Å²) in [4.78, 5) is 22.0. The Morgan fingerprint density at radius 3 is 1.72 bits per heavy atom. The first-order valence-corrected chi connectivity index (χ1v) is 18.6. The van der Waals surface area contributed by atoms with Crippen LogP contribution < -0.4 is 30.8 Å². The summed E-state index contributed by atoms with van der Waals surface area (Å²) in [6.45, 7) is 2.89. The van der Waals surface area contributed by atoms with Crippen molar-refractivity contribution in [3.8, 4) is 11.8 Å². The van der Waals surface area contributed by atoms with Crippen LogP contribution in [0.1, 0.15) is 31.8 Å². The maximum atomic E-state index is 11.4. The standard InChI is InChI=1S/C18H17N5O3S.C16H17N5O3S.2CH4/c1-11-21-15-9-20-18-14(7-8-16(22-18)26-2)17(15)23(11)10-12-3-5-13(6-4-12)27(19,24)25;1-24-14-7-6-12-15(13(17)9-20-16(12)21-14)19-8-10-2-4-11(5-3-10)25(18,22)23;;/h3-9H,10H2,1-2H3,(H2,19,24,25);2-7,9H,8,17H2,1H3,(H2,18,22,23)(H,19,20,21);2*1H4. The second kappa shape index (κ2) is 16.4. The van der Waals surface area contributed by atoms with E-state index in [-0.39, 0.29) is 24.6 Å². The predicted octanol–water partition coefficient (Wildman–Crippen LogP) is 4.74. The quantitative estimate of drug-likeness (QED) is 0.155. The Kier molecular flexibility index (Phi) is 12.4. The van der Waals surface area contributed by atoms with Crippen LogP contribution in [-0.2, 0) is 33.1 Å². The van der Waals surface area contributed by atoms with E-state index in [1.165, 1.54) is 37.6 Å². The van der Waals surface area contributed by atoms with E-state index in [0.717, 1.165) is 38.8 Å². The third-order valence-corrected chi connectivity index (χ3v) is 9.92. The maximum Gasteiger partial charge on any atom is 0.238 e. The first-order valence-electron chi connectivity index (χ1n) is 15.5. The zero-order valence-corrected chi connectivity index (χ0v) is 29.8. The fraction of sp³-hybridized carbons (Fsp3) is 0.194. The highest BCUT2D eigenvalue weighted by molar-refractivity contribution is 7.89. The first-order chi connectivity index (χ1) is 24.7. The first kappa shape index (κ1) is 40.8. The van der Waals surface area contributed by atoms with Gasteiger partial charge >= 0.3 is 0 Å². The summed E-state index contributed by atoms with van der Waals surface area (Å²) in [6, 6.07) is 20.1. The molecular formula is C36H42N10O6S2. The lowest BCUT2D eigenvalue weighted by molar-refractivity contribution is 0.399. The molecule has 0 bridgehead atoms. The minimum absolute atomic E-state index is 0. The third kappa shape index (κ3) is 8.80. The van der Waals surface area contributed by atoms with E-state index in [9.17, 15) is 16.8 Å². The fourth-order valence-corrected chi connectivity index (χ4v) is 6.48. The molecule has 7 N–H and O–H groups in total. The molecule has 7 rings (SSSR count). The Balaban J connectivity index is 0.000000233. The van der Waals surface area contributed by atoms with Gasteiger partial charge in [0.2, 0.25) is 31.8 Å². The number of aromatic nitrogens is 6. The number of primary sulfonamides is 2. The number of ether oxygens (including phenoxy) is 2. The van der Waals surface area contributed by atoms with E-state index >= 15 is 0 Å². The van der Waals surface area contributed by atoms with Crippen molar-refractivity contribution in [2.75, 3.05) is 25.3 Å². The molecule has 16 nitrogen and oxygen atoms in total. The molecule has 0 amide bonds. The third-order valence-electron chi connectivity index (χ3n) is 8.06. The van der Waals surface area contributed by atoms with Gasteiger partial charge in [-0.1, -0.05) is 39.1 Å². The average Bonchev–Trinajstić information content (AvgIpc) is 3.45. The van der Waals surface area contributed by atoms with Crippen LogP contribution in [0.3, 0.4) is 0 Å². The summed E-state index contributed by atoms with van der Waals surface area (Å²) in [5.74, 6) is 1.79. The molecule has 0 aliphatic heterocycles. The summed E-state index contributed by atoms with van der Waals surface area (Å²) < 4.78 is 57.8. The van der Waals surface area contributed by atoms with E-state index in [4.69, 9.17) is 25.5 Å². The molecule has 5 heterocycles. The van der Waals surface area contributed by atoms with Crippen molar-refractivity contribution in [2.24, 2.45) is 10.3 Å². The van der Waals surface area contributed by atoms with Gasteiger partial charge in [0, 0.05) is 36.0 Å². The molecule has 2 aromatic carbocycles. The minimum atomic E-state index is -3.71. The number of imidazole rings is 1. The van der Waals surface area contributed by atoms with Crippen molar-refractivity contribution in [1.82, 2.24) is 29.5 Å². The molecule has 5 aromatic heterocycles. The van der Waals surface area contributed by atoms with Crippen molar-refractivity contribution >= 4 is 64.5 Å². The SMILES string of the molecule is C.C.COc1ccc2c(NCc3ccc(S(N)(=O)=O)cc3)c(N)cnc2n1.COc1ccc2c(ncc3nc(C)n(Cc4ccc(S(N)(=O)=O)cc4)c32)n1. The zero-order chi connectivity index (χ0) is 37.2. The normalized spacial score (nSPS) is 11.3. The number of rotatable bonds is 9. The molecule has 0 aliphatic rings. The molecule has 0 fully saturated rings. The van der Waals surface area contributed by atoms with Gasteiger partial charge in [-0.05, 0) is 54.4 Å². The van der Waals surface area contributed by atoms with E-state index in [2.05, 4.69) is 34.8 Å². The van der Waals surface area contributed by atoms with Crippen molar-refractivity contribution in [2.45, 2.75) is 44.7 Å². The molecule has 54 heavy (non-hydrogen) atoms. The smallest absolute Gasteiger partial charge is 0.238 e. The van der Waals surface area contributed by atoms with Crippen LogP contribution in [0.25, 0.3) is 33.1 Å². The molecule has 0 aliphatic carbocycles. The molecule has 284 valence electrons. The number of nitrogens with two attached hydrogens (primary N) is 3. The highest BCUT2D eigenvalue weighted by atomic mass is 32.2. The Morgan fingerprint density at radius 2 is 1.19 bits per heavy atom. The van der Waals surface area contributed by atoms with Gasteiger partial charge in [0.25, 0.3) is 0 Å². The molecule has 7 aromatic rings. The van der Waals surface area contributed by atoms with Crippen LogP contribution in [-0.4, -0.2) is 60.5 Å². The Hall–Kier alpha value is -5.95. The maximum absolute atomic E-state index is 11.4. The fourth-order valence-electron chi connectivity index (χ4n) is 5.45. The molecule has 18 heteroatoms. The highest BCUT2D eigenvalue weighted by Gasteiger charge is 2.15. The topological polar surface area (TPSA) is 246 Å². The molecule has 0 radical (unpaired) electrons. The summed E-state index contributed by atoms with van der Waals surface area (Å²) in [5.41, 5.74) is 11.8. The number of nitrogens with zero attached hydrogens (tertiary/aromatic N) is 6. The van der Waals surface area contributed by atoms with Gasteiger partial charge in [0.15, 0.2) is 11.3 Å². The van der Waals surface area contributed by atoms with E-state index in [1.807, 2.05) is 19.1 Å². The van der Waals surface area contributed by atoms with E-state index in [1.54, 1.807) is 49.7 Å². The van der Waals surface area contributed by atoms with Gasteiger partial charge < -0.3 is 25.1 Å². The number of anilines is 2. The number of hydrogen-bond donors (Lipinski definition) is 4. The van der Waals surface area contributed by atoms with Crippen LogP contribution in [0.2, 0.25) is 0 Å². The van der Waals surface area contributed by atoms with Crippen LogP contribution >= 0.6 is 0 Å². The van der Waals surface area contributed by atoms with E-state index < -0.39 is 20.0 Å². The highest BCUT2D eigenvalue weighted by Crippen LogP contribution is 2.29. The van der Waals surface area contributed by atoms with Crippen molar-refractivity contribution in [3.05, 3.63) is 102 Å².